The van der Waals surface area contributed by atoms with Crippen LogP contribution < -0.4 is 0 Å². The van der Waals surface area contributed by atoms with Crippen molar-refractivity contribution in [3.05, 3.63) is 0 Å². The van der Waals surface area contributed by atoms with Crippen molar-refractivity contribution in [2.75, 3.05) is 39.4 Å². The molecule has 1 atom stereocenters. The molecule has 1 amide bonds. The van der Waals surface area contributed by atoms with Gasteiger partial charge >= 0.3 is 5.97 Å². The minimum atomic E-state index is -0.248. The Kier molecular flexibility index (Phi) is 5.37. The van der Waals surface area contributed by atoms with Gasteiger partial charge in [-0.3, -0.25) is 14.5 Å². The van der Waals surface area contributed by atoms with E-state index in [9.17, 15) is 9.59 Å². The second-order valence-corrected chi connectivity index (χ2v) is 5.46. The molecule has 0 radical (unpaired) electrons. The maximum absolute atomic E-state index is 12.3. The van der Waals surface area contributed by atoms with E-state index in [1.807, 2.05) is 16.7 Å². The van der Waals surface area contributed by atoms with Crippen molar-refractivity contribution in [1.82, 2.24) is 9.80 Å². The first kappa shape index (κ1) is 15.3. The molecule has 1 saturated carbocycles. The fourth-order valence-electron chi connectivity index (χ4n) is 2.44. The normalized spacial score (nSPS) is 22.9. The first-order valence-electron chi connectivity index (χ1n) is 7.39. The van der Waals surface area contributed by atoms with E-state index in [-0.39, 0.29) is 24.5 Å². The van der Waals surface area contributed by atoms with E-state index in [0.717, 1.165) is 12.8 Å². The van der Waals surface area contributed by atoms with Gasteiger partial charge in [0.2, 0.25) is 5.91 Å². The number of esters is 1. The van der Waals surface area contributed by atoms with Crippen LogP contribution in [-0.2, 0) is 19.1 Å². The van der Waals surface area contributed by atoms with Crippen LogP contribution in [0.3, 0.4) is 0 Å². The Labute approximate surface area is 120 Å². The molecule has 6 nitrogen and oxygen atoms in total. The molecule has 20 heavy (non-hydrogen) atoms. The molecule has 0 aromatic carbocycles. The zero-order valence-corrected chi connectivity index (χ0v) is 12.3. The van der Waals surface area contributed by atoms with E-state index in [1.54, 1.807) is 6.92 Å². The van der Waals surface area contributed by atoms with Gasteiger partial charge in [0.1, 0.15) is 0 Å². The highest BCUT2D eigenvalue weighted by Crippen LogP contribution is 2.26. The smallest absolute Gasteiger partial charge is 0.320 e. The summed E-state index contributed by atoms with van der Waals surface area (Å²) in [6, 6.07) is 0.363. The molecular weight excluding hydrogens is 260 g/mol. The highest BCUT2D eigenvalue weighted by atomic mass is 16.5. The summed E-state index contributed by atoms with van der Waals surface area (Å²) in [4.78, 5) is 27.7. The average Bonchev–Trinajstić information content (AvgIpc) is 3.22. The molecule has 0 bridgehead atoms. The second-order valence-electron chi connectivity index (χ2n) is 5.46. The largest absolute Gasteiger partial charge is 0.465 e. The van der Waals surface area contributed by atoms with Gasteiger partial charge in [0, 0.05) is 19.1 Å². The lowest BCUT2D eigenvalue weighted by atomic mass is 10.3. The zero-order chi connectivity index (χ0) is 14.5. The Morgan fingerprint density at radius 2 is 2.10 bits per heavy atom. The van der Waals surface area contributed by atoms with Crippen molar-refractivity contribution in [2.24, 2.45) is 0 Å². The fraction of sp³-hybridized carbons (Fsp3) is 0.857. The highest BCUT2D eigenvalue weighted by Gasteiger charge is 2.33. The summed E-state index contributed by atoms with van der Waals surface area (Å²) in [5.41, 5.74) is 0. The summed E-state index contributed by atoms with van der Waals surface area (Å²) in [5.74, 6) is -0.168. The van der Waals surface area contributed by atoms with Crippen LogP contribution in [0.2, 0.25) is 0 Å². The van der Waals surface area contributed by atoms with Gasteiger partial charge in [-0.2, -0.15) is 0 Å². The Morgan fingerprint density at radius 3 is 2.70 bits per heavy atom. The number of nitrogens with zero attached hydrogens (tertiary/aromatic N) is 2. The van der Waals surface area contributed by atoms with Gasteiger partial charge in [0.05, 0.1) is 32.4 Å². The van der Waals surface area contributed by atoms with Gasteiger partial charge in [0.15, 0.2) is 0 Å². The van der Waals surface area contributed by atoms with Crippen LogP contribution in [0.15, 0.2) is 0 Å². The highest BCUT2D eigenvalue weighted by molar-refractivity contribution is 5.79. The molecule has 1 aliphatic heterocycles. The number of rotatable bonds is 6. The summed E-state index contributed by atoms with van der Waals surface area (Å²) >= 11 is 0. The van der Waals surface area contributed by atoms with E-state index < -0.39 is 0 Å². The number of hydrogen-bond acceptors (Lipinski definition) is 5. The van der Waals surface area contributed by atoms with E-state index in [2.05, 4.69) is 0 Å². The molecule has 1 unspecified atom stereocenters. The Hall–Kier alpha value is -1.14. The lowest BCUT2D eigenvalue weighted by Gasteiger charge is -2.33. The van der Waals surface area contributed by atoms with Gasteiger partial charge < -0.3 is 14.4 Å². The van der Waals surface area contributed by atoms with E-state index >= 15 is 0 Å². The molecule has 2 aliphatic rings. The lowest BCUT2D eigenvalue weighted by Crippen LogP contribution is -2.49. The summed E-state index contributed by atoms with van der Waals surface area (Å²) < 4.78 is 10.4. The van der Waals surface area contributed by atoms with Crippen LogP contribution in [0.5, 0.6) is 0 Å². The van der Waals surface area contributed by atoms with E-state index in [4.69, 9.17) is 9.47 Å². The molecule has 1 heterocycles. The molecule has 0 aromatic heterocycles. The molecule has 2 fully saturated rings. The van der Waals surface area contributed by atoms with Gasteiger partial charge in [-0.05, 0) is 26.7 Å². The number of carbonyl (C=O) groups excluding carboxylic acids is 2. The number of carbonyl (C=O) groups is 2. The minimum Gasteiger partial charge on any atom is -0.465 e. The summed E-state index contributed by atoms with van der Waals surface area (Å²) in [6.07, 6.45) is 2.21. The standard InChI is InChI=1S/C14H24N2O4/c1-3-19-14(18)10-16(12-4-5-12)9-13(17)15-6-7-20-11(2)8-15/h11-12H,3-10H2,1-2H3. The molecule has 0 N–H and O–H groups in total. The fourth-order valence-corrected chi connectivity index (χ4v) is 2.44. The summed E-state index contributed by atoms with van der Waals surface area (Å²) in [6.45, 7) is 6.52. The van der Waals surface area contributed by atoms with Crippen LogP contribution in [-0.4, -0.2) is 73.2 Å². The third-order valence-corrected chi connectivity index (χ3v) is 3.63. The molecule has 114 valence electrons. The lowest BCUT2D eigenvalue weighted by molar-refractivity contribution is -0.146. The first-order valence-corrected chi connectivity index (χ1v) is 7.39. The summed E-state index contributed by atoms with van der Waals surface area (Å²) in [7, 11) is 0. The molecule has 6 heteroatoms. The minimum absolute atomic E-state index is 0.0800. The van der Waals surface area contributed by atoms with Gasteiger partial charge in [0.25, 0.3) is 0 Å². The van der Waals surface area contributed by atoms with Crippen LogP contribution in [0.25, 0.3) is 0 Å². The number of ether oxygens (including phenoxy) is 2. The maximum atomic E-state index is 12.3. The molecule has 1 saturated heterocycles. The zero-order valence-electron chi connectivity index (χ0n) is 12.3. The van der Waals surface area contributed by atoms with Crippen molar-refractivity contribution < 1.29 is 19.1 Å². The number of amides is 1. The monoisotopic (exact) mass is 284 g/mol. The molecule has 1 aliphatic carbocycles. The van der Waals surface area contributed by atoms with Gasteiger partial charge in [-0.15, -0.1) is 0 Å². The van der Waals surface area contributed by atoms with Crippen LogP contribution >= 0.6 is 0 Å². The average molecular weight is 284 g/mol. The third-order valence-electron chi connectivity index (χ3n) is 3.63. The first-order chi connectivity index (χ1) is 9.60. The Balaban J connectivity index is 1.84. The van der Waals surface area contributed by atoms with E-state index in [1.165, 1.54) is 0 Å². The van der Waals surface area contributed by atoms with Crippen molar-refractivity contribution >= 4 is 11.9 Å². The maximum Gasteiger partial charge on any atom is 0.320 e. The predicted molar refractivity (Wildman–Crippen MR) is 73.2 cm³/mol. The van der Waals surface area contributed by atoms with Crippen molar-refractivity contribution in [2.45, 2.75) is 38.8 Å². The molecule has 2 rings (SSSR count). The number of morpholine rings is 1. The van der Waals surface area contributed by atoms with Crippen molar-refractivity contribution in [1.29, 1.82) is 0 Å². The van der Waals surface area contributed by atoms with Crippen LogP contribution in [0.4, 0.5) is 0 Å². The molecule has 0 aromatic rings. The van der Waals surface area contributed by atoms with E-state index in [0.29, 0.717) is 38.9 Å². The Morgan fingerprint density at radius 1 is 1.35 bits per heavy atom. The molecular formula is C14H24N2O4. The van der Waals surface area contributed by atoms with Crippen LogP contribution in [0.1, 0.15) is 26.7 Å². The van der Waals surface area contributed by atoms with Crippen molar-refractivity contribution in [3.63, 3.8) is 0 Å². The third kappa shape index (κ3) is 4.45. The van der Waals surface area contributed by atoms with Crippen molar-refractivity contribution in [3.8, 4) is 0 Å². The number of hydrogen-bond donors (Lipinski definition) is 0. The molecule has 0 spiro atoms. The van der Waals surface area contributed by atoms with Crippen LogP contribution in [0, 0.1) is 0 Å². The Bertz CT molecular complexity index is 357. The van der Waals surface area contributed by atoms with Gasteiger partial charge in [-0.25, -0.2) is 0 Å². The predicted octanol–water partition coefficient (Wildman–Crippen LogP) is 0.261. The quantitative estimate of drug-likeness (QED) is 0.655. The summed E-state index contributed by atoms with van der Waals surface area (Å²) in [5, 5.41) is 0. The van der Waals surface area contributed by atoms with Gasteiger partial charge in [-0.1, -0.05) is 0 Å². The SMILES string of the molecule is CCOC(=O)CN(CC(=O)N1CCOC(C)C1)C1CC1. The topological polar surface area (TPSA) is 59.1 Å². The second kappa shape index (κ2) is 7.04.